The summed E-state index contributed by atoms with van der Waals surface area (Å²) >= 11 is 4.86. The average molecular weight is 1410 g/mol. The van der Waals surface area contributed by atoms with E-state index in [4.69, 9.17) is 49.9 Å². The van der Waals surface area contributed by atoms with E-state index in [0.717, 1.165) is 53.5 Å². The van der Waals surface area contributed by atoms with Crippen LogP contribution in [0.4, 0.5) is 0 Å². The van der Waals surface area contributed by atoms with Gasteiger partial charge in [0, 0.05) is 22.3 Å². The molecule has 0 radical (unpaired) electrons. The summed E-state index contributed by atoms with van der Waals surface area (Å²) in [6, 6.07) is 0. The highest BCUT2D eigenvalue weighted by Gasteiger charge is 2.72. The fourth-order valence-corrected chi connectivity index (χ4v) is 23.7. The molecule has 20 unspecified atom stereocenters. The molecule has 2 aliphatic carbocycles. The number of carbonyl (C=O) groups is 9. The third-order valence-corrected chi connectivity index (χ3v) is 28.1. The average Bonchev–Trinajstić information content (AvgIpc) is 1.58. The molecule has 10 saturated heterocycles. The van der Waals surface area contributed by atoms with E-state index in [-0.39, 0.29) is 85.6 Å². The highest BCUT2D eigenvalue weighted by Crippen LogP contribution is 2.62. The Morgan fingerprint density at radius 3 is 1.48 bits per heavy atom. The van der Waals surface area contributed by atoms with E-state index in [1.165, 1.54) is 17.8 Å². The van der Waals surface area contributed by atoms with Gasteiger partial charge in [0.2, 0.25) is 20.5 Å². The zero-order valence-electron chi connectivity index (χ0n) is 46.1. The predicted octanol–water partition coefficient (Wildman–Crippen LogP) is -0.0156. The molecule has 0 aromatic rings. The predicted molar refractivity (Wildman–Crippen MR) is 309 cm³/mol. The molecule has 38 heteroatoms. The molecule has 8 bridgehead atoms. The number of thioether (sulfide) groups is 5. The molecule has 10 aliphatic heterocycles. The van der Waals surface area contributed by atoms with E-state index >= 15 is 0 Å². The third-order valence-electron chi connectivity index (χ3n) is 16.0. The third kappa shape index (κ3) is 14.7. The molecular weight excluding hydrogens is 1350 g/mol. The first-order valence-corrected chi connectivity index (χ1v) is 37.5. The fraction of sp³-hybridized carbons (Fsp3) is 0.660. The minimum Gasteiger partial charge on any atom is -0.458 e. The largest absolute Gasteiger partial charge is 0.458 e. The lowest BCUT2D eigenvalue weighted by Gasteiger charge is -2.32. The molecule has 0 spiro atoms. The van der Waals surface area contributed by atoms with E-state index in [0.29, 0.717) is 36.8 Å². The minimum atomic E-state index is -3.69. The number of hydrogen-bond donors (Lipinski definition) is 0. The summed E-state index contributed by atoms with van der Waals surface area (Å²) in [6.07, 6.45) is -0.927. The number of carbonyl (C=O) groups excluding carboxylic acids is 9. The molecule has 29 nitrogen and oxygen atoms in total. The maximum absolute atomic E-state index is 12.0. The van der Waals surface area contributed by atoms with Crippen molar-refractivity contribution in [3.05, 3.63) is 50.6 Å². The van der Waals surface area contributed by atoms with E-state index in [9.17, 15) is 76.8 Å². The molecule has 0 N–H and O–H groups in total. The summed E-state index contributed by atoms with van der Waals surface area (Å²) in [6.45, 7) is 14.5. The summed E-state index contributed by atoms with van der Waals surface area (Å²) in [5, 5.41) is -3.61. The lowest BCUT2D eigenvalue weighted by molar-refractivity contribution is -0.165. The van der Waals surface area contributed by atoms with Crippen molar-refractivity contribution in [2.45, 2.75) is 144 Å². The maximum atomic E-state index is 12.0. The molecule has 12 fully saturated rings. The van der Waals surface area contributed by atoms with Crippen LogP contribution in [-0.4, -0.2) is 232 Å². The van der Waals surface area contributed by atoms with Gasteiger partial charge < -0.3 is 37.9 Å². The Hall–Kier alpha value is -3.74. The first kappa shape index (κ1) is 68.6. The van der Waals surface area contributed by atoms with E-state index in [2.05, 4.69) is 31.1 Å². The highest BCUT2D eigenvalue weighted by atomic mass is 32.2. The lowest BCUT2D eigenvalue weighted by Crippen LogP contribution is -2.42. The number of fused-ring (bicyclic) bond motifs is 4. The molecule has 0 aromatic heterocycles. The van der Waals surface area contributed by atoms with Crippen molar-refractivity contribution in [1.82, 2.24) is 0 Å². The highest BCUT2D eigenvalue weighted by molar-refractivity contribution is 8.15. The number of rotatable bonds is 21. The van der Waals surface area contributed by atoms with Gasteiger partial charge in [-0.05, 0) is 56.4 Å². The van der Waals surface area contributed by atoms with E-state index < -0.39 is 171 Å². The van der Waals surface area contributed by atoms with Crippen LogP contribution in [0.2, 0.25) is 0 Å². The van der Waals surface area contributed by atoms with Crippen LogP contribution < -0.4 is 0 Å². The molecular formula is C50H58O29S9. The van der Waals surface area contributed by atoms with Gasteiger partial charge in [-0.3, -0.25) is 50.3 Å². The van der Waals surface area contributed by atoms with Gasteiger partial charge in [-0.2, -0.15) is 33.7 Å². The van der Waals surface area contributed by atoms with Crippen LogP contribution in [0.3, 0.4) is 0 Å². The minimum absolute atomic E-state index is 0.0312. The first-order valence-electron chi connectivity index (χ1n) is 26.8. The van der Waals surface area contributed by atoms with Crippen molar-refractivity contribution in [3.63, 3.8) is 0 Å². The maximum Gasteiger partial charge on any atom is 0.344 e. The second-order valence-electron chi connectivity index (χ2n) is 21.5. The summed E-state index contributed by atoms with van der Waals surface area (Å²) in [7, 11) is -14.4. The Bertz CT molecular complexity index is 3250. The van der Waals surface area contributed by atoms with Gasteiger partial charge in [0.15, 0.2) is 18.8 Å². The van der Waals surface area contributed by atoms with Crippen molar-refractivity contribution in [2.75, 3.05) is 42.8 Å². The lowest BCUT2D eigenvalue weighted by atomic mass is 9.82. The van der Waals surface area contributed by atoms with E-state index in [1.54, 1.807) is 0 Å². The van der Waals surface area contributed by atoms with Crippen molar-refractivity contribution in [1.29, 1.82) is 0 Å². The van der Waals surface area contributed by atoms with Gasteiger partial charge in [0.05, 0.1) is 46.6 Å². The number of esters is 5. The van der Waals surface area contributed by atoms with Gasteiger partial charge in [0.1, 0.15) is 71.2 Å². The van der Waals surface area contributed by atoms with Gasteiger partial charge in [0.25, 0.3) is 40.5 Å². The van der Waals surface area contributed by atoms with Crippen LogP contribution in [0.5, 0.6) is 0 Å². The Morgan fingerprint density at radius 1 is 0.500 bits per heavy atom. The standard InChI is InChI=1S/C15H20O7S2.C13H14O9S2.C11H12O7S2.C11H12O6S3/c1-3-12(17)23-5-4-20-8-11(16)21-14-13-9-6-15(14,2)7-10(9)24(18,19)22-13;1-2-10(16)23-5-9(15)19-4-8(14)21-11-6-3-7-12(20-6)13(11)22-24(7,17)18;1-2-8(13)19-4-7(12)17-9-5-3-6-10(16-5)11(9)18-20(6,14)15;1-2-8(13)18-4-7(12)16-9-5-3-6-11(19-5)10(9)17-20(6,14)15/h3,9-10,13-14H,1,4-8H2,2H3;2,6-7,11-13H,1,3-5H2;2*2,5-6,9-11H,1,3-4H2. The number of ether oxygens (including phenoxy) is 8. The SMILES string of the molecule is C=CC(=O)SCC(=O)OC1C2CC3C(O2)C1OS3(=O)=O.C=CC(=O)SCC(=O)OC1C2CC3C(S2)C1OS3(=O)=O.C=CC(=O)SCC(=O)OCC(=O)OC1C2CC3C(O2)C1OS3(=O)=O.C=CC(=O)SCCOCC(=O)OC1C2OS(=O)(=O)C3CC1(C)CC23. The van der Waals surface area contributed by atoms with Crippen LogP contribution in [0.25, 0.3) is 0 Å². The Morgan fingerprint density at radius 2 is 0.943 bits per heavy atom. The van der Waals surface area contributed by atoms with Crippen molar-refractivity contribution >= 4 is 150 Å². The van der Waals surface area contributed by atoms with Crippen LogP contribution in [-0.2, 0) is 138 Å². The smallest absolute Gasteiger partial charge is 0.344 e. The summed E-state index contributed by atoms with van der Waals surface area (Å²) in [4.78, 5) is 102. The molecule has 12 aliphatic rings. The normalized spacial score (nSPS) is 37.9. The van der Waals surface area contributed by atoms with Crippen molar-refractivity contribution in [2.24, 2.45) is 11.3 Å². The van der Waals surface area contributed by atoms with Crippen molar-refractivity contribution in [3.8, 4) is 0 Å². The van der Waals surface area contributed by atoms with Gasteiger partial charge in [-0.25, -0.2) is 9.59 Å². The molecule has 88 heavy (non-hydrogen) atoms. The first-order chi connectivity index (χ1) is 41.4. The van der Waals surface area contributed by atoms with Crippen LogP contribution in [0.15, 0.2) is 50.6 Å². The Kier molecular flexibility index (Phi) is 21.4. The Labute approximate surface area is 526 Å². The van der Waals surface area contributed by atoms with E-state index in [1.807, 2.05) is 6.92 Å². The topological polar surface area (TPSA) is 401 Å². The zero-order chi connectivity index (χ0) is 64.0. The molecule has 2 saturated carbocycles. The molecule has 0 aromatic carbocycles. The van der Waals surface area contributed by atoms with Crippen LogP contribution in [0.1, 0.15) is 39.0 Å². The van der Waals surface area contributed by atoms with Gasteiger partial charge in [-0.1, -0.05) is 80.3 Å². The zero-order valence-corrected chi connectivity index (χ0v) is 53.5. The second kappa shape index (κ2) is 27.5. The molecule has 486 valence electrons. The summed E-state index contributed by atoms with van der Waals surface area (Å²) in [5.41, 5.74) is -0.356. The number of hydrogen-bond acceptors (Lipinski definition) is 34. The Balaban J connectivity index is 0.000000140. The van der Waals surface area contributed by atoms with Crippen LogP contribution in [0, 0.1) is 11.3 Å². The molecule has 0 amide bonds. The quantitative estimate of drug-likeness (QED) is 0.0479. The van der Waals surface area contributed by atoms with Gasteiger partial charge in [-0.15, -0.1) is 11.8 Å². The molecule has 12 rings (SSSR count). The summed E-state index contributed by atoms with van der Waals surface area (Å²) < 4.78 is 156. The fourth-order valence-electron chi connectivity index (χ4n) is 12.4. The monoisotopic (exact) mass is 1410 g/mol. The summed E-state index contributed by atoms with van der Waals surface area (Å²) in [5.74, 6) is -3.44. The van der Waals surface area contributed by atoms with Gasteiger partial charge >= 0.3 is 29.8 Å². The van der Waals surface area contributed by atoms with Crippen molar-refractivity contribution < 1.29 is 131 Å². The molecule has 20 atom stereocenters. The molecule has 10 heterocycles. The second-order valence-corrected chi connectivity index (χ2v) is 34.1. The van der Waals surface area contributed by atoms with Crippen LogP contribution >= 0.6 is 58.8 Å².